The number of anilines is 1. The van der Waals surface area contributed by atoms with Crippen molar-refractivity contribution < 1.29 is 18.3 Å². The van der Waals surface area contributed by atoms with Gasteiger partial charge in [-0.3, -0.25) is 4.79 Å². The highest BCUT2D eigenvalue weighted by molar-refractivity contribution is 5.91. The Kier molecular flexibility index (Phi) is 6.35. The second-order valence-electron chi connectivity index (χ2n) is 7.68. The summed E-state index contributed by atoms with van der Waals surface area (Å²) in [5.74, 6) is -0.497. The van der Waals surface area contributed by atoms with Crippen molar-refractivity contribution in [2.45, 2.75) is 33.6 Å². The Morgan fingerprint density at radius 2 is 1.85 bits per heavy atom. The molecular weight excluding hydrogens is 426 g/mol. The summed E-state index contributed by atoms with van der Waals surface area (Å²) in [5, 5.41) is 8.20. The molecule has 0 spiro atoms. The molecule has 8 heteroatoms. The van der Waals surface area contributed by atoms with Crippen molar-refractivity contribution in [2.75, 3.05) is 11.9 Å². The van der Waals surface area contributed by atoms with Crippen LogP contribution in [0.5, 0.6) is 5.88 Å². The number of rotatable bonds is 7. The molecule has 6 nitrogen and oxygen atoms in total. The molecule has 0 radical (unpaired) electrons. The van der Waals surface area contributed by atoms with E-state index in [1.54, 1.807) is 16.8 Å². The van der Waals surface area contributed by atoms with Crippen molar-refractivity contribution >= 4 is 22.6 Å². The molecule has 0 aliphatic rings. The third-order valence-electron chi connectivity index (χ3n) is 5.39. The Bertz CT molecular complexity index is 1320. The number of nitrogens with one attached hydrogen (secondary N) is 1. The number of amides is 1. The Labute approximate surface area is 190 Å². The first-order chi connectivity index (χ1) is 15.9. The first-order valence-electron chi connectivity index (χ1n) is 10.7. The van der Waals surface area contributed by atoms with E-state index < -0.39 is 0 Å². The first-order valence-corrected chi connectivity index (χ1v) is 10.7. The van der Waals surface area contributed by atoms with Crippen LogP contribution in [0.3, 0.4) is 0 Å². The number of ether oxygens (including phenoxy) is 1. The van der Waals surface area contributed by atoms with Crippen LogP contribution >= 0.6 is 0 Å². The number of carbonyl (C=O) groups is 1. The van der Waals surface area contributed by atoms with Gasteiger partial charge in [-0.05, 0) is 75.2 Å². The van der Waals surface area contributed by atoms with Crippen LogP contribution < -0.4 is 10.1 Å². The Morgan fingerprint density at radius 1 is 1.09 bits per heavy atom. The molecule has 0 atom stereocenters. The van der Waals surface area contributed by atoms with Gasteiger partial charge in [0.05, 0.1) is 18.0 Å². The van der Waals surface area contributed by atoms with E-state index in [1.165, 1.54) is 36.4 Å². The predicted octanol–water partition coefficient (Wildman–Crippen LogP) is 5.29. The molecule has 0 saturated heterocycles. The minimum atomic E-state index is -0.362. The normalized spacial score (nSPS) is 11.1. The van der Waals surface area contributed by atoms with Crippen LogP contribution in [0.25, 0.3) is 16.7 Å². The van der Waals surface area contributed by atoms with Gasteiger partial charge in [0.1, 0.15) is 11.6 Å². The van der Waals surface area contributed by atoms with E-state index in [-0.39, 0.29) is 24.0 Å². The number of fused-ring (bicyclic) bond motifs is 1. The highest BCUT2D eigenvalue weighted by Gasteiger charge is 2.21. The maximum absolute atomic E-state index is 13.8. The van der Waals surface area contributed by atoms with Crippen molar-refractivity contribution in [2.24, 2.45) is 0 Å². The standard InChI is InChI=1S/C25H24F2N4O2/c1-4-33-25-21(12-13-22(32)28-19-10-8-17(26)9-11-19)15(2)23-16(3)30-31(24(23)29-25)20-7-5-6-18(27)14-20/h5-11,14H,4,12-13H2,1-3H3,(H,28,32). The number of halogens is 2. The molecule has 4 rings (SSSR count). The molecule has 2 heterocycles. The fraction of sp³-hybridized carbons (Fsp3) is 0.240. The maximum atomic E-state index is 13.8. The minimum absolute atomic E-state index is 0.197. The summed E-state index contributed by atoms with van der Waals surface area (Å²) in [5.41, 5.74) is 4.15. The third kappa shape index (κ3) is 4.69. The van der Waals surface area contributed by atoms with Crippen molar-refractivity contribution in [3.8, 4) is 11.6 Å². The lowest BCUT2D eigenvalue weighted by Crippen LogP contribution is -2.13. The molecule has 4 aromatic rings. The van der Waals surface area contributed by atoms with Gasteiger partial charge in [0.15, 0.2) is 5.65 Å². The average Bonchev–Trinajstić information content (AvgIpc) is 3.11. The maximum Gasteiger partial charge on any atom is 0.224 e. The van der Waals surface area contributed by atoms with Gasteiger partial charge in [0, 0.05) is 23.1 Å². The van der Waals surface area contributed by atoms with Gasteiger partial charge in [-0.1, -0.05) is 6.07 Å². The van der Waals surface area contributed by atoms with Crippen molar-refractivity contribution in [1.29, 1.82) is 0 Å². The minimum Gasteiger partial charge on any atom is -0.478 e. The molecule has 0 bridgehead atoms. The van der Waals surface area contributed by atoms with Gasteiger partial charge in [-0.15, -0.1) is 0 Å². The Hall–Kier alpha value is -3.81. The fourth-order valence-corrected chi connectivity index (χ4v) is 3.87. The number of aryl methyl sites for hydroxylation is 2. The molecule has 170 valence electrons. The molecule has 33 heavy (non-hydrogen) atoms. The lowest BCUT2D eigenvalue weighted by Gasteiger charge is -2.14. The molecule has 0 aliphatic carbocycles. The highest BCUT2D eigenvalue weighted by Crippen LogP contribution is 2.32. The highest BCUT2D eigenvalue weighted by atomic mass is 19.1. The number of nitrogens with zero attached hydrogens (tertiary/aromatic N) is 3. The smallest absolute Gasteiger partial charge is 0.224 e. The summed E-state index contributed by atoms with van der Waals surface area (Å²) >= 11 is 0. The number of pyridine rings is 1. The molecule has 2 aromatic carbocycles. The number of aromatic nitrogens is 3. The Balaban J connectivity index is 1.67. The molecule has 1 N–H and O–H groups in total. The SMILES string of the molecule is CCOc1nc2c(c(C)nn2-c2cccc(F)c2)c(C)c1CCC(=O)Nc1ccc(F)cc1. The van der Waals surface area contributed by atoms with Gasteiger partial charge >= 0.3 is 0 Å². The predicted molar refractivity (Wildman–Crippen MR) is 123 cm³/mol. The van der Waals surface area contributed by atoms with Gasteiger partial charge in [0.2, 0.25) is 11.8 Å². The molecule has 0 fully saturated rings. The van der Waals surface area contributed by atoms with E-state index >= 15 is 0 Å². The lowest BCUT2D eigenvalue weighted by molar-refractivity contribution is -0.116. The number of hydrogen-bond donors (Lipinski definition) is 1. The number of hydrogen-bond acceptors (Lipinski definition) is 4. The summed E-state index contributed by atoms with van der Waals surface area (Å²) in [6.45, 7) is 6.09. The Morgan fingerprint density at radius 3 is 2.55 bits per heavy atom. The third-order valence-corrected chi connectivity index (χ3v) is 5.39. The van der Waals surface area contributed by atoms with Crippen LogP contribution in [-0.4, -0.2) is 27.3 Å². The number of carbonyl (C=O) groups excluding carboxylic acids is 1. The monoisotopic (exact) mass is 450 g/mol. The molecule has 0 saturated carbocycles. The van der Waals surface area contributed by atoms with E-state index in [4.69, 9.17) is 9.72 Å². The van der Waals surface area contributed by atoms with E-state index in [0.29, 0.717) is 35.9 Å². The number of benzene rings is 2. The van der Waals surface area contributed by atoms with E-state index in [9.17, 15) is 13.6 Å². The van der Waals surface area contributed by atoms with Gasteiger partial charge in [-0.2, -0.15) is 10.1 Å². The zero-order chi connectivity index (χ0) is 23.5. The van der Waals surface area contributed by atoms with Crippen LogP contribution in [-0.2, 0) is 11.2 Å². The van der Waals surface area contributed by atoms with E-state index in [1.807, 2.05) is 20.8 Å². The molecule has 0 unspecified atom stereocenters. The van der Waals surface area contributed by atoms with Crippen molar-refractivity contribution in [1.82, 2.24) is 14.8 Å². The summed E-state index contributed by atoms with van der Waals surface area (Å²) in [7, 11) is 0. The average molecular weight is 450 g/mol. The van der Waals surface area contributed by atoms with Gasteiger partial charge in [-0.25, -0.2) is 13.5 Å². The summed E-state index contributed by atoms with van der Waals surface area (Å²) in [6, 6.07) is 11.8. The van der Waals surface area contributed by atoms with Gasteiger partial charge in [0.25, 0.3) is 0 Å². The topological polar surface area (TPSA) is 69.0 Å². The first kappa shape index (κ1) is 22.4. The van der Waals surface area contributed by atoms with Crippen LogP contribution in [0.4, 0.5) is 14.5 Å². The zero-order valence-electron chi connectivity index (χ0n) is 18.7. The van der Waals surface area contributed by atoms with E-state index in [2.05, 4.69) is 10.4 Å². The van der Waals surface area contributed by atoms with Crippen LogP contribution in [0.15, 0.2) is 48.5 Å². The van der Waals surface area contributed by atoms with Crippen LogP contribution in [0.2, 0.25) is 0 Å². The van der Waals surface area contributed by atoms with Gasteiger partial charge < -0.3 is 10.1 Å². The second kappa shape index (κ2) is 9.36. The largest absolute Gasteiger partial charge is 0.478 e. The molecular formula is C25H24F2N4O2. The second-order valence-corrected chi connectivity index (χ2v) is 7.68. The van der Waals surface area contributed by atoms with Crippen molar-refractivity contribution in [3.05, 3.63) is 77.0 Å². The lowest BCUT2D eigenvalue weighted by atomic mass is 10.0. The summed E-state index contributed by atoms with van der Waals surface area (Å²) in [6.07, 6.45) is 0.601. The quantitative estimate of drug-likeness (QED) is 0.416. The zero-order valence-corrected chi connectivity index (χ0v) is 18.7. The summed E-state index contributed by atoms with van der Waals surface area (Å²) < 4.78 is 34.3. The van der Waals surface area contributed by atoms with Crippen molar-refractivity contribution in [3.63, 3.8) is 0 Å². The van der Waals surface area contributed by atoms with Crippen LogP contribution in [0, 0.1) is 25.5 Å². The van der Waals surface area contributed by atoms with E-state index in [0.717, 1.165) is 22.2 Å². The molecule has 0 aliphatic heterocycles. The summed E-state index contributed by atoms with van der Waals surface area (Å²) in [4.78, 5) is 17.2. The molecule has 2 aromatic heterocycles. The fourth-order valence-electron chi connectivity index (χ4n) is 3.87. The van der Waals surface area contributed by atoms with Crippen LogP contribution in [0.1, 0.15) is 30.2 Å². The molecule has 1 amide bonds.